The minimum Gasteiger partial charge on any atom is -0.493 e. The molecule has 9 nitrogen and oxygen atoms in total. The summed E-state index contributed by atoms with van der Waals surface area (Å²) < 4.78 is 11.9. The van der Waals surface area contributed by atoms with E-state index in [0.717, 1.165) is 44.9 Å². The number of carbonyl (C=O) groups is 2. The molecule has 0 unspecified atom stereocenters. The van der Waals surface area contributed by atoms with Crippen LogP contribution in [-0.2, 0) is 16.2 Å². The zero-order valence-corrected chi connectivity index (χ0v) is 26.1. The Morgan fingerprint density at radius 1 is 1.02 bits per heavy atom. The molecule has 0 radical (unpaired) electrons. The third kappa shape index (κ3) is 7.91. The maximum absolute atomic E-state index is 13.9. The van der Waals surface area contributed by atoms with Gasteiger partial charge in [-0.25, -0.2) is 0 Å². The molecule has 1 aromatic carbocycles. The van der Waals surface area contributed by atoms with Crippen molar-refractivity contribution in [2.75, 3.05) is 20.3 Å². The van der Waals surface area contributed by atoms with E-state index in [1.165, 1.54) is 45.6 Å². The molecule has 4 N–H and O–H groups in total. The highest BCUT2D eigenvalue weighted by Gasteiger charge is 2.52. The highest BCUT2D eigenvalue weighted by Crippen LogP contribution is 2.51. The Hall–Kier alpha value is -2.62. The molecule has 1 aliphatic heterocycles. The van der Waals surface area contributed by atoms with Crippen molar-refractivity contribution >= 4 is 11.8 Å². The van der Waals surface area contributed by atoms with Gasteiger partial charge in [0.2, 0.25) is 11.8 Å². The van der Waals surface area contributed by atoms with Crippen LogP contribution in [-0.4, -0.2) is 76.6 Å². The van der Waals surface area contributed by atoms with Crippen LogP contribution in [0.1, 0.15) is 114 Å². The summed E-state index contributed by atoms with van der Waals surface area (Å²) >= 11 is 0. The number of unbranched alkanes of at least 4 members (excludes halogenated alkanes) is 8. The zero-order chi connectivity index (χ0) is 30.8. The number of methoxy groups -OCH3 is 1. The number of nitrogens with zero attached hydrogens (tertiary/aromatic N) is 1. The van der Waals surface area contributed by atoms with Crippen molar-refractivity contribution in [1.29, 1.82) is 0 Å². The third-order valence-electron chi connectivity index (χ3n) is 9.32. The zero-order valence-electron chi connectivity index (χ0n) is 26.1. The summed E-state index contributed by atoms with van der Waals surface area (Å²) in [6.07, 6.45) is 14.6. The van der Waals surface area contributed by atoms with Crippen molar-refractivity contribution in [2.24, 2.45) is 0 Å². The Balaban J connectivity index is 1.57. The van der Waals surface area contributed by atoms with Gasteiger partial charge in [-0.15, -0.1) is 0 Å². The Morgan fingerprint density at radius 2 is 1.70 bits per heavy atom. The fourth-order valence-electron chi connectivity index (χ4n) is 7.10. The van der Waals surface area contributed by atoms with Crippen molar-refractivity contribution in [3.05, 3.63) is 34.9 Å². The van der Waals surface area contributed by atoms with Crippen LogP contribution < -0.4 is 14.8 Å². The van der Waals surface area contributed by atoms with Gasteiger partial charge in [-0.3, -0.25) is 9.59 Å². The Kier molecular flexibility index (Phi) is 12.7. The first-order valence-electron chi connectivity index (χ1n) is 16.5. The predicted molar refractivity (Wildman–Crippen MR) is 165 cm³/mol. The van der Waals surface area contributed by atoms with Gasteiger partial charge in [-0.05, 0) is 43.0 Å². The Morgan fingerprint density at radius 3 is 2.33 bits per heavy atom. The lowest BCUT2D eigenvalue weighted by Gasteiger charge is -2.43. The molecule has 0 spiro atoms. The molecule has 1 fully saturated rings. The number of rotatable bonds is 17. The molecule has 1 heterocycles. The maximum atomic E-state index is 13.9. The van der Waals surface area contributed by atoms with E-state index >= 15 is 0 Å². The van der Waals surface area contributed by atoms with E-state index in [9.17, 15) is 24.9 Å². The molecular formula is C34H52N2O7. The molecule has 1 aromatic rings. The van der Waals surface area contributed by atoms with Crippen molar-refractivity contribution in [3.63, 3.8) is 0 Å². The van der Waals surface area contributed by atoms with Crippen LogP contribution in [0.25, 0.3) is 0 Å². The summed E-state index contributed by atoms with van der Waals surface area (Å²) in [6, 6.07) is 2.75. The topological polar surface area (TPSA) is 129 Å². The van der Waals surface area contributed by atoms with Gasteiger partial charge in [0.05, 0.1) is 32.3 Å². The second kappa shape index (κ2) is 16.5. The number of nitrogens with one attached hydrogen (secondary N) is 1. The first kappa shape index (κ1) is 33.3. The summed E-state index contributed by atoms with van der Waals surface area (Å²) in [7, 11) is 1.51. The summed E-state index contributed by atoms with van der Waals surface area (Å²) in [5, 5.41) is 33.9. The maximum Gasteiger partial charge on any atom is 0.247 e. The van der Waals surface area contributed by atoms with Crippen molar-refractivity contribution in [1.82, 2.24) is 10.2 Å². The number of fused-ring (bicyclic) bond motifs is 3. The summed E-state index contributed by atoms with van der Waals surface area (Å²) in [6.45, 7) is 1.88. The molecule has 3 aliphatic rings. The number of carbonyl (C=O) groups excluding carboxylic acids is 2. The van der Waals surface area contributed by atoms with Crippen molar-refractivity contribution in [3.8, 4) is 11.5 Å². The molecule has 240 valence electrons. The van der Waals surface area contributed by atoms with E-state index in [2.05, 4.69) is 12.2 Å². The Bertz CT molecular complexity index is 1100. The van der Waals surface area contributed by atoms with Crippen LogP contribution in [0, 0.1) is 0 Å². The molecular weight excluding hydrogens is 548 g/mol. The van der Waals surface area contributed by atoms with E-state index in [1.54, 1.807) is 18.2 Å². The largest absolute Gasteiger partial charge is 0.493 e. The third-order valence-corrected chi connectivity index (χ3v) is 9.32. The quantitative estimate of drug-likeness (QED) is 0.194. The lowest BCUT2D eigenvalue weighted by molar-refractivity contribution is -0.140. The molecule has 4 rings (SSSR count). The molecule has 9 heteroatoms. The molecule has 0 bridgehead atoms. The smallest absolute Gasteiger partial charge is 0.247 e. The van der Waals surface area contributed by atoms with Gasteiger partial charge in [-0.1, -0.05) is 71.1 Å². The van der Waals surface area contributed by atoms with Gasteiger partial charge in [0.1, 0.15) is 12.2 Å². The normalized spacial score (nSPS) is 22.9. The molecule has 4 atom stereocenters. The second-order valence-corrected chi connectivity index (χ2v) is 12.3. The van der Waals surface area contributed by atoms with Crippen molar-refractivity contribution in [2.45, 2.75) is 134 Å². The number of hydrogen-bond acceptors (Lipinski definition) is 7. The minimum absolute atomic E-state index is 0.000394. The van der Waals surface area contributed by atoms with E-state index in [1.807, 2.05) is 4.90 Å². The molecule has 0 aromatic heterocycles. The molecule has 2 amide bonds. The van der Waals surface area contributed by atoms with E-state index in [4.69, 9.17) is 9.47 Å². The van der Waals surface area contributed by atoms with Crippen molar-refractivity contribution < 1.29 is 34.4 Å². The molecule has 0 saturated heterocycles. The number of benzene rings is 1. The summed E-state index contributed by atoms with van der Waals surface area (Å²) in [5.41, 5.74) is 1.66. The predicted octanol–water partition coefficient (Wildman–Crippen LogP) is 4.50. The number of aliphatic hydroxyl groups excluding tert-OH is 3. The van der Waals surface area contributed by atoms with Crippen LogP contribution in [0.3, 0.4) is 0 Å². The van der Waals surface area contributed by atoms with E-state index in [-0.39, 0.29) is 37.6 Å². The second-order valence-electron chi connectivity index (χ2n) is 12.3. The number of aliphatic hydroxyl groups is 3. The monoisotopic (exact) mass is 600 g/mol. The summed E-state index contributed by atoms with van der Waals surface area (Å²) in [4.78, 5) is 29.3. The number of amides is 2. The standard InChI is InChI=1S/C34H52N2O7/c1-3-4-5-6-7-8-9-10-11-16-29(39)36(24-14-12-13-15-24)27-21-26(34(41)35-17-18-37)30-25-19-23(22-38)20-28(42-2)32(25)43-33(30)31(27)40/h19-21,24,27,30-31,33,37-38,40H,3-18,22H2,1-2H3,(H,35,41)/t27-,30+,31+,33+/m1/s1. The van der Waals surface area contributed by atoms with Crippen LogP contribution in [0.15, 0.2) is 23.8 Å². The van der Waals surface area contributed by atoms with Crippen LogP contribution in [0.2, 0.25) is 0 Å². The minimum atomic E-state index is -1.07. The lowest BCUT2D eigenvalue weighted by Crippen LogP contribution is -2.58. The first-order valence-corrected chi connectivity index (χ1v) is 16.5. The van der Waals surface area contributed by atoms with Gasteiger partial charge >= 0.3 is 0 Å². The lowest BCUT2D eigenvalue weighted by atomic mass is 9.77. The first-order chi connectivity index (χ1) is 20.9. The molecule has 1 saturated carbocycles. The fourth-order valence-corrected chi connectivity index (χ4v) is 7.10. The highest BCUT2D eigenvalue weighted by molar-refractivity contribution is 5.96. The van der Waals surface area contributed by atoms with Crippen LogP contribution >= 0.6 is 0 Å². The summed E-state index contributed by atoms with van der Waals surface area (Å²) in [5.74, 6) is -0.117. The van der Waals surface area contributed by atoms with Gasteiger partial charge in [0.15, 0.2) is 11.5 Å². The van der Waals surface area contributed by atoms with E-state index in [0.29, 0.717) is 34.6 Å². The number of hydrogen-bond donors (Lipinski definition) is 4. The van der Waals surface area contributed by atoms with Crippen LogP contribution in [0.4, 0.5) is 0 Å². The SMILES string of the molecule is CCCCCCCCCCCC(=O)N(C1CCCC1)[C@@H]1C=C(C(=O)NCCO)[C@@H]2c3cc(CO)cc(OC)c3O[C@@H]2[C@H]1O. The van der Waals surface area contributed by atoms with Gasteiger partial charge in [-0.2, -0.15) is 0 Å². The average molecular weight is 601 g/mol. The van der Waals surface area contributed by atoms with Gasteiger partial charge in [0, 0.05) is 30.1 Å². The number of ether oxygens (including phenoxy) is 2. The van der Waals surface area contributed by atoms with Crippen LogP contribution in [0.5, 0.6) is 11.5 Å². The van der Waals surface area contributed by atoms with Gasteiger partial charge < -0.3 is 35.0 Å². The fraction of sp³-hybridized carbons (Fsp3) is 0.706. The van der Waals surface area contributed by atoms with Gasteiger partial charge in [0.25, 0.3) is 0 Å². The van der Waals surface area contributed by atoms with E-state index < -0.39 is 24.2 Å². The molecule has 43 heavy (non-hydrogen) atoms. The Labute approximate surface area is 256 Å². The molecule has 2 aliphatic carbocycles. The highest BCUT2D eigenvalue weighted by atomic mass is 16.5. The average Bonchev–Trinajstić information content (AvgIpc) is 3.68.